The van der Waals surface area contributed by atoms with Crippen LogP contribution in [0.25, 0.3) is 0 Å². The quantitative estimate of drug-likeness (QED) is 0.656. The van der Waals surface area contributed by atoms with Crippen LogP contribution in [0.3, 0.4) is 0 Å². The first-order chi connectivity index (χ1) is 9.79. The molecule has 2 rings (SSSR count). The minimum atomic E-state index is -4.61. The fraction of sp³-hybridized carbons (Fsp3) is 0.0714. The number of anilines is 2. The summed E-state index contributed by atoms with van der Waals surface area (Å²) in [6.07, 6.45) is -4.61. The Morgan fingerprint density at radius 3 is 2.43 bits per heavy atom. The van der Waals surface area contributed by atoms with Gasteiger partial charge in [0.2, 0.25) is 0 Å². The number of nitrogens with one attached hydrogen (secondary N) is 1. The Balaban J connectivity index is 2.35. The predicted molar refractivity (Wildman–Crippen MR) is 70.2 cm³/mol. The van der Waals surface area contributed by atoms with E-state index in [4.69, 9.17) is 5.73 Å². The summed E-state index contributed by atoms with van der Waals surface area (Å²) in [5.41, 5.74) is 3.85. The molecule has 0 bridgehead atoms. The Labute approximate surface area is 117 Å². The number of nitrogen functional groups attached to an aromatic ring is 1. The molecule has 110 valence electrons. The van der Waals surface area contributed by atoms with E-state index in [1.165, 1.54) is 18.2 Å². The van der Waals surface area contributed by atoms with Crippen molar-refractivity contribution < 1.29 is 22.4 Å². The van der Waals surface area contributed by atoms with Crippen LogP contribution in [-0.4, -0.2) is 5.91 Å². The van der Waals surface area contributed by atoms with Gasteiger partial charge in [-0.15, -0.1) is 0 Å². The van der Waals surface area contributed by atoms with Crippen molar-refractivity contribution >= 4 is 17.3 Å². The van der Waals surface area contributed by atoms with Crippen LogP contribution in [0.4, 0.5) is 28.9 Å². The predicted octanol–water partition coefficient (Wildman–Crippen LogP) is 3.68. The highest BCUT2D eigenvalue weighted by molar-refractivity contribution is 6.08. The summed E-state index contributed by atoms with van der Waals surface area (Å²) < 4.78 is 51.5. The Morgan fingerprint density at radius 2 is 1.76 bits per heavy atom. The van der Waals surface area contributed by atoms with Crippen LogP contribution in [0.1, 0.15) is 15.9 Å². The highest BCUT2D eigenvalue weighted by atomic mass is 19.4. The number of alkyl halides is 3. The lowest BCUT2D eigenvalue weighted by molar-refractivity contribution is -0.136. The standard InChI is InChI=1S/C14H10F4N2O/c15-8-5-6-11(19)9(7-8)13(21)20-12-4-2-1-3-10(12)14(16,17)18/h1-7H,19H2,(H,20,21). The van der Waals surface area contributed by atoms with Crippen molar-refractivity contribution in [3.63, 3.8) is 0 Å². The topological polar surface area (TPSA) is 55.1 Å². The summed E-state index contributed by atoms with van der Waals surface area (Å²) in [5, 5.41) is 2.10. The second kappa shape index (κ2) is 5.43. The van der Waals surface area contributed by atoms with E-state index in [1.54, 1.807) is 0 Å². The molecule has 0 aliphatic rings. The average molecular weight is 298 g/mol. The van der Waals surface area contributed by atoms with E-state index in [-0.39, 0.29) is 11.3 Å². The first-order valence-corrected chi connectivity index (χ1v) is 5.81. The van der Waals surface area contributed by atoms with Crippen molar-refractivity contribution in [2.24, 2.45) is 0 Å². The minimum absolute atomic E-state index is 0.0293. The van der Waals surface area contributed by atoms with Crippen LogP contribution >= 0.6 is 0 Å². The SMILES string of the molecule is Nc1ccc(F)cc1C(=O)Nc1ccccc1C(F)(F)F. The third-order valence-electron chi connectivity index (χ3n) is 2.74. The molecule has 2 aromatic carbocycles. The minimum Gasteiger partial charge on any atom is -0.398 e. The molecule has 0 aromatic heterocycles. The van der Waals surface area contributed by atoms with Gasteiger partial charge in [-0.25, -0.2) is 4.39 Å². The molecule has 0 aliphatic carbocycles. The third-order valence-corrected chi connectivity index (χ3v) is 2.74. The highest BCUT2D eigenvalue weighted by Crippen LogP contribution is 2.34. The van der Waals surface area contributed by atoms with Crippen molar-refractivity contribution in [1.82, 2.24) is 0 Å². The van der Waals surface area contributed by atoms with Crippen molar-refractivity contribution in [2.45, 2.75) is 6.18 Å². The van der Waals surface area contributed by atoms with Crippen molar-refractivity contribution in [3.05, 3.63) is 59.4 Å². The van der Waals surface area contributed by atoms with Gasteiger partial charge in [0.1, 0.15) is 5.82 Å². The zero-order chi connectivity index (χ0) is 15.6. The van der Waals surface area contributed by atoms with Gasteiger partial charge in [-0.1, -0.05) is 12.1 Å². The molecule has 3 N–H and O–H groups in total. The van der Waals surface area contributed by atoms with Gasteiger partial charge in [-0.05, 0) is 30.3 Å². The van der Waals surface area contributed by atoms with Gasteiger partial charge in [-0.2, -0.15) is 13.2 Å². The maximum absolute atomic E-state index is 13.1. The molecular formula is C14H10F4N2O. The van der Waals surface area contributed by atoms with Crippen LogP contribution in [0.2, 0.25) is 0 Å². The molecule has 1 amide bonds. The van der Waals surface area contributed by atoms with E-state index >= 15 is 0 Å². The van der Waals surface area contributed by atoms with E-state index in [1.807, 2.05) is 0 Å². The molecule has 0 aliphatic heterocycles. The Hall–Kier alpha value is -2.57. The second-order valence-corrected chi connectivity index (χ2v) is 4.23. The van der Waals surface area contributed by atoms with Gasteiger partial charge < -0.3 is 11.1 Å². The van der Waals surface area contributed by atoms with Gasteiger partial charge in [-0.3, -0.25) is 4.79 Å². The normalized spacial score (nSPS) is 11.2. The monoisotopic (exact) mass is 298 g/mol. The molecular weight excluding hydrogens is 288 g/mol. The number of rotatable bonds is 2. The van der Waals surface area contributed by atoms with Gasteiger partial charge in [0.05, 0.1) is 16.8 Å². The molecule has 0 spiro atoms. The van der Waals surface area contributed by atoms with Crippen molar-refractivity contribution in [1.29, 1.82) is 0 Å². The Kier molecular flexibility index (Phi) is 3.84. The van der Waals surface area contributed by atoms with Crippen LogP contribution in [0.15, 0.2) is 42.5 Å². The molecule has 0 radical (unpaired) electrons. The number of halogens is 4. The van der Waals surface area contributed by atoms with E-state index in [9.17, 15) is 22.4 Å². The molecule has 7 heteroatoms. The second-order valence-electron chi connectivity index (χ2n) is 4.23. The van der Waals surface area contributed by atoms with Gasteiger partial charge >= 0.3 is 6.18 Å². The maximum Gasteiger partial charge on any atom is 0.418 e. The molecule has 0 heterocycles. The lowest BCUT2D eigenvalue weighted by atomic mass is 10.1. The molecule has 0 unspecified atom stereocenters. The molecule has 2 aromatic rings. The maximum atomic E-state index is 13.1. The lowest BCUT2D eigenvalue weighted by Gasteiger charge is -2.14. The summed E-state index contributed by atoms with van der Waals surface area (Å²) in [4.78, 5) is 11.9. The van der Waals surface area contributed by atoms with Crippen LogP contribution < -0.4 is 11.1 Å². The average Bonchev–Trinajstić information content (AvgIpc) is 2.41. The van der Waals surface area contributed by atoms with E-state index < -0.39 is 29.2 Å². The fourth-order valence-corrected chi connectivity index (χ4v) is 1.75. The van der Waals surface area contributed by atoms with E-state index in [0.29, 0.717) is 0 Å². The molecule has 0 fully saturated rings. The largest absolute Gasteiger partial charge is 0.418 e. The van der Waals surface area contributed by atoms with Crippen molar-refractivity contribution in [3.8, 4) is 0 Å². The van der Waals surface area contributed by atoms with E-state index in [2.05, 4.69) is 5.32 Å². The number of carbonyl (C=O) groups is 1. The zero-order valence-electron chi connectivity index (χ0n) is 10.5. The summed E-state index contributed by atoms with van der Waals surface area (Å²) >= 11 is 0. The molecule has 0 saturated carbocycles. The molecule has 3 nitrogen and oxygen atoms in total. The number of hydrogen-bond acceptors (Lipinski definition) is 2. The Morgan fingerprint density at radius 1 is 1.10 bits per heavy atom. The number of para-hydroxylation sites is 1. The Bertz CT molecular complexity index is 683. The van der Waals surface area contributed by atoms with Crippen molar-refractivity contribution in [2.75, 3.05) is 11.1 Å². The van der Waals surface area contributed by atoms with Crippen LogP contribution in [0, 0.1) is 5.82 Å². The number of carbonyl (C=O) groups excluding carboxylic acids is 1. The summed E-state index contributed by atoms with van der Waals surface area (Å²) in [6.45, 7) is 0. The van der Waals surface area contributed by atoms with Gasteiger partial charge in [0.25, 0.3) is 5.91 Å². The van der Waals surface area contributed by atoms with Gasteiger partial charge in [0.15, 0.2) is 0 Å². The summed E-state index contributed by atoms with van der Waals surface area (Å²) in [7, 11) is 0. The molecule has 0 saturated heterocycles. The first kappa shape index (κ1) is 14.8. The molecule has 21 heavy (non-hydrogen) atoms. The number of benzene rings is 2. The van der Waals surface area contributed by atoms with Gasteiger partial charge in [0, 0.05) is 5.69 Å². The fourth-order valence-electron chi connectivity index (χ4n) is 1.75. The van der Waals surface area contributed by atoms with Crippen LogP contribution in [0.5, 0.6) is 0 Å². The third kappa shape index (κ3) is 3.31. The van der Waals surface area contributed by atoms with Crippen LogP contribution in [-0.2, 0) is 6.18 Å². The highest BCUT2D eigenvalue weighted by Gasteiger charge is 2.33. The summed E-state index contributed by atoms with van der Waals surface area (Å²) in [6, 6.07) is 7.58. The van der Waals surface area contributed by atoms with E-state index in [0.717, 1.165) is 24.3 Å². The lowest BCUT2D eigenvalue weighted by Crippen LogP contribution is -2.18. The zero-order valence-corrected chi connectivity index (χ0v) is 10.5. The summed E-state index contributed by atoms with van der Waals surface area (Å²) in [5.74, 6) is -1.62. The smallest absolute Gasteiger partial charge is 0.398 e. The number of amides is 1. The number of nitrogens with two attached hydrogens (primary N) is 1. The number of hydrogen-bond donors (Lipinski definition) is 2. The first-order valence-electron chi connectivity index (χ1n) is 5.81. The molecule has 0 atom stereocenters.